The van der Waals surface area contributed by atoms with Crippen LogP contribution in [0.1, 0.15) is 22.8 Å². The van der Waals surface area contributed by atoms with E-state index >= 15 is 0 Å². The molecule has 74 valence electrons. The van der Waals surface area contributed by atoms with Gasteiger partial charge in [-0.3, -0.25) is 0 Å². The van der Waals surface area contributed by atoms with E-state index in [2.05, 4.69) is 0 Å². The lowest BCUT2D eigenvalue weighted by Gasteiger charge is -2.03. The first-order valence-electron chi connectivity index (χ1n) is 4.34. The molecule has 2 N–H and O–H groups in total. The zero-order valence-electron chi connectivity index (χ0n) is 7.65. The Morgan fingerprint density at radius 1 is 1.57 bits per heavy atom. The fourth-order valence-corrected chi connectivity index (χ4v) is 1.68. The zero-order valence-corrected chi connectivity index (χ0v) is 7.65. The first kappa shape index (κ1) is 8.87. The Balaban J connectivity index is 2.57. The van der Waals surface area contributed by atoms with Gasteiger partial charge in [0.1, 0.15) is 17.6 Å². The Morgan fingerprint density at radius 3 is 2.93 bits per heavy atom. The number of benzene rings is 1. The van der Waals surface area contributed by atoms with Crippen LogP contribution in [0.3, 0.4) is 0 Å². The van der Waals surface area contributed by atoms with E-state index < -0.39 is 5.97 Å². The second-order valence-electron chi connectivity index (χ2n) is 3.41. The molecule has 0 saturated heterocycles. The van der Waals surface area contributed by atoms with Gasteiger partial charge in [0.25, 0.3) is 0 Å². The molecular weight excluding hydrogens is 184 g/mol. The van der Waals surface area contributed by atoms with Crippen molar-refractivity contribution in [3.05, 3.63) is 23.3 Å². The maximum Gasteiger partial charge on any atom is 0.336 e. The van der Waals surface area contributed by atoms with Gasteiger partial charge in [0.05, 0.1) is 5.56 Å². The van der Waals surface area contributed by atoms with Gasteiger partial charge in [-0.1, -0.05) is 0 Å². The second kappa shape index (κ2) is 2.90. The summed E-state index contributed by atoms with van der Waals surface area (Å²) in [4.78, 5) is 10.9. The molecule has 0 radical (unpaired) electrons. The summed E-state index contributed by atoms with van der Waals surface area (Å²) >= 11 is 0. The standard InChI is InChI=1S/C10H10O4/c1-5-2-7-8(10(12)13)3-6(11)4-9(7)14-5/h3-5,11H,2H2,1H3,(H,12,13)/t5-/m0/s1. The van der Waals surface area contributed by atoms with Crippen LogP contribution in [0.25, 0.3) is 0 Å². The largest absolute Gasteiger partial charge is 0.508 e. The fourth-order valence-electron chi connectivity index (χ4n) is 1.68. The molecule has 2 rings (SSSR count). The lowest BCUT2D eigenvalue weighted by atomic mass is 10.0. The molecule has 0 fully saturated rings. The van der Waals surface area contributed by atoms with Crippen molar-refractivity contribution in [2.45, 2.75) is 19.4 Å². The van der Waals surface area contributed by atoms with Crippen molar-refractivity contribution in [3.8, 4) is 11.5 Å². The number of rotatable bonds is 1. The van der Waals surface area contributed by atoms with Gasteiger partial charge < -0.3 is 14.9 Å². The summed E-state index contributed by atoms with van der Waals surface area (Å²) in [6.45, 7) is 1.86. The van der Waals surface area contributed by atoms with E-state index in [-0.39, 0.29) is 17.4 Å². The highest BCUT2D eigenvalue weighted by molar-refractivity contribution is 5.91. The number of hydrogen-bond acceptors (Lipinski definition) is 3. The topological polar surface area (TPSA) is 66.8 Å². The van der Waals surface area contributed by atoms with Crippen LogP contribution < -0.4 is 4.74 Å². The SMILES string of the molecule is C[C@H]1Cc2c(cc(O)cc2C(=O)O)O1. The van der Waals surface area contributed by atoms with Crippen LogP contribution in [-0.2, 0) is 6.42 Å². The molecule has 0 unspecified atom stereocenters. The van der Waals surface area contributed by atoms with E-state index in [9.17, 15) is 9.90 Å². The van der Waals surface area contributed by atoms with Crippen LogP contribution in [0.5, 0.6) is 11.5 Å². The number of phenolic OH excluding ortho intramolecular Hbond substituents is 1. The maximum atomic E-state index is 10.9. The van der Waals surface area contributed by atoms with Crippen LogP contribution in [0, 0.1) is 0 Å². The summed E-state index contributed by atoms with van der Waals surface area (Å²) in [5, 5.41) is 18.2. The highest BCUT2D eigenvalue weighted by Gasteiger charge is 2.25. The van der Waals surface area contributed by atoms with Crippen LogP contribution in [0.2, 0.25) is 0 Å². The smallest absolute Gasteiger partial charge is 0.336 e. The molecule has 0 aromatic heterocycles. The second-order valence-corrected chi connectivity index (χ2v) is 3.41. The van der Waals surface area contributed by atoms with Crippen molar-refractivity contribution in [3.63, 3.8) is 0 Å². The van der Waals surface area contributed by atoms with Gasteiger partial charge in [0.15, 0.2) is 0 Å². The molecule has 0 amide bonds. The summed E-state index contributed by atoms with van der Waals surface area (Å²) in [6.07, 6.45) is 0.557. The predicted molar refractivity (Wildman–Crippen MR) is 48.9 cm³/mol. The summed E-state index contributed by atoms with van der Waals surface area (Å²) in [6, 6.07) is 2.70. The van der Waals surface area contributed by atoms with E-state index in [1.165, 1.54) is 12.1 Å². The maximum absolute atomic E-state index is 10.9. The van der Waals surface area contributed by atoms with Gasteiger partial charge in [0, 0.05) is 18.1 Å². The Hall–Kier alpha value is -1.71. The molecule has 0 bridgehead atoms. The number of aromatic hydroxyl groups is 1. The number of ether oxygens (including phenoxy) is 1. The number of hydrogen-bond donors (Lipinski definition) is 2. The summed E-state index contributed by atoms with van der Waals surface area (Å²) in [5.41, 5.74) is 0.798. The van der Waals surface area contributed by atoms with Gasteiger partial charge in [-0.25, -0.2) is 4.79 Å². The van der Waals surface area contributed by atoms with E-state index in [4.69, 9.17) is 9.84 Å². The average Bonchev–Trinajstić information content (AvgIpc) is 2.42. The first-order valence-corrected chi connectivity index (χ1v) is 4.34. The molecular formula is C10H10O4. The lowest BCUT2D eigenvalue weighted by Crippen LogP contribution is -2.06. The molecule has 14 heavy (non-hydrogen) atoms. The van der Waals surface area contributed by atoms with Crippen molar-refractivity contribution in [1.29, 1.82) is 0 Å². The van der Waals surface area contributed by atoms with Crippen molar-refractivity contribution in [1.82, 2.24) is 0 Å². The zero-order chi connectivity index (χ0) is 10.3. The van der Waals surface area contributed by atoms with Gasteiger partial charge in [-0.05, 0) is 13.0 Å². The van der Waals surface area contributed by atoms with Crippen molar-refractivity contribution in [2.75, 3.05) is 0 Å². The number of carboxylic acids is 1. The molecule has 0 aliphatic carbocycles. The fraction of sp³-hybridized carbons (Fsp3) is 0.300. The van der Waals surface area contributed by atoms with Gasteiger partial charge >= 0.3 is 5.97 Å². The van der Waals surface area contributed by atoms with Crippen LogP contribution in [-0.4, -0.2) is 22.3 Å². The quantitative estimate of drug-likeness (QED) is 0.709. The van der Waals surface area contributed by atoms with Crippen molar-refractivity contribution in [2.24, 2.45) is 0 Å². The third kappa shape index (κ3) is 1.28. The molecule has 0 saturated carbocycles. The molecule has 4 nitrogen and oxygen atoms in total. The van der Waals surface area contributed by atoms with E-state index in [0.29, 0.717) is 17.7 Å². The Kier molecular flexibility index (Phi) is 1.84. The molecule has 1 aliphatic heterocycles. The number of aromatic carboxylic acids is 1. The van der Waals surface area contributed by atoms with E-state index in [1.807, 2.05) is 6.92 Å². The molecule has 1 aliphatic rings. The van der Waals surface area contributed by atoms with Crippen molar-refractivity contribution < 1.29 is 19.7 Å². The highest BCUT2D eigenvalue weighted by atomic mass is 16.5. The summed E-state index contributed by atoms with van der Waals surface area (Å²) in [7, 11) is 0. The van der Waals surface area contributed by atoms with Crippen LogP contribution in [0.15, 0.2) is 12.1 Å². The monoisotopic (exact) mass is 194 g/mol. The van der Waals surface area contributed by atoms with Crippen LogP contribution in [0.4, 0.5) is 0 Å². The van der Waals surface area contributed by atoms with E-state index in [0.717, 1.165) is 0 Å². The summed E-state index contributed by atoms with van der Waals surface area (Å²) < 4.78 is 5.36. The van der Waals surface area contributed by atoms with Crippen LogP contribution >= 0.6 is 0 Å². The number of carbonyl (C=O) groups is 1. The molecule has 1 heterocycles. The average molecular weight is 194 g/mol. The molecule has 4 heteroatoms. The first-order chi connectivity index (χ1) is 6.58. The van der Waals surface area contributed by atoms with Gasteiger partial charge in [-0.2, -0.15) is 0 Å². The van der Waals surface area contributed by atoms with Gasteiger partial charge in [-0.15, -0.1) is 0 Å². The number of phenols is 1. The summed E-state index contributed by atoms with van der Waals surface area (Å²) in [5.74, 6) is -0.625. The molecule has 1 aromatic carbocycles. The Bertz CT molecular complexity index is 397. The normalized spacial score (nSPS) is 18.8. The predicted octanol–water partition coefficient (Wildman–Crippen LogP) is 1.41. The van der Waals surface area contributed by atoms with E-state index in [1.54, 1.807) is 0 Å². The van der Waals surface area contributed by atoms with Crippen molar-refractivity contribution >= 4 is 5.97 Å². The Labute approximate surface area is 80.7 Å². The molecule has 0 spiro atoms. The molecule has 1 aromatic rings. The lowest BCUT2D eigenvalue weighted by molar-refractivity contribution is 0.0695. The van der Waals surface area contributed by atoms with Gasteiger partial charge in [0.2, 0.25) is 0 Å². The third-order valence-corrected chi connectivity index (χ3v) is 2.24. The number of carboxylic acid groups (broad SMARTS) is 1. The molecule has 1 atom stereocenters. The third-order valence-electron chi connectivity index (χ3n) is 2.24. The minimum absolute atomic E-state index is 0.0232. The minimum Gasteiger partial charge on any atom is -0.508 e. The number of fused-ring (bicyclic) bond motifs is 1. The minimum atomic E-state index is -1.03. The highest BCUT2D eigenvalue weighted by Crippen LogP contribution is 2.35. The Morgan fingerprint density at radius 2 is 2.29 bits per heavy atom.